The Morgan fingerprint density at radius 3 is 2.75 bits per heavy atom. The van der Waals surface area contributed by atoms with E-state index in [2.05, 4.69) is 14.7 Å². The number of nitrogens with two attached hydrogens (primary N) is 1. The van der Waals surface area contributed by atoms with E-state index in [9.17, 15) is 13.2 Å². The van der Waals surface area contributed by atoms with E-state index in [4.69, 9.17) is 10.5 Å². The summed E-state index contributed by atoms with van der Waals surface area (Å²) in [6.45, 7) is 0. The molecule has 0 aliphatic heterocycles. The standard InChI is InChI=1S/C11H12N4O4S/c1-19-9-3-2-7(11(12)16)4-8(9)15-20(17,18)10-5-13-6-14-10/h2-6,15H,1H3,(H2,12,16)(H,13,14). The lowest BCUT2D eigenvalue weighted by molar-refractivity contribution is 0.100. The van der Waals surface area contributed by atoms with Crippen LogP contribution in [-0.2, 0) is 10.0 Å². The minimum atomic E-state index is -3.85. The van der Waals surface area contributed by atoms with Gasteiger partial charge in [-0.05, 0) is 18.2 Å². The fourth-order valence-electron chi connectivity index (χ4n) is 1.53. The monoisotopic (exact) mass is 296 g/mol. The minimum Gasteiger partial charge on any atom is -0.495 e. The second-order valence-electron chi connectivity index (χ2n) is 3.80. The number of primary amides is 1. The lowest BCUT2D eigenvalue weighted by atomic mass is 10.2. The maximum Gasteiger partial charge on any atom is 0.279 e. The highest BCUT2D eigenvalue weighted by atomic mass is 32.2. The van der Waals surface area contributed by atoms with Crippen molar-refractivity contribution in [3.05, 3.63) is 36.3 Å². The molecule has 2 rings (SSSR count). The Balaban J connectivity index is 2.42. The average molecular weight is 296 g/mol. The van der Waals surface area contributed by atoms with E-state index < -0.39 is 15.9 Å². The van der Waals surface area contributed by atoms with Gasteiger partial charge in [0.05, 0.1) is 25.3 Å². The molecule has 1 amide bonds. The summed E-state index contributed by atoms with van der Waals surface area (Å²) < 4.78 is 31.5. The molecular formula is C11H12N4O4S. The molecule has 4 N–H and O–H groups in total. The fourth-order valence-corrected chi connectivity index (χ4v) is 2.50. The van der Waals surface area contributed by atoms with Crippen molar-refractivity contribution in [1.82, 2.24) is 9.97 Å². The van der Waals surface area contributed by atoms with E-state index in [1.807, 2.05) is 0 Å². The number of hydrogen-bond donors (Lipinski definition) is 3. The number of nitrogens with one attached hydrogen (secondary N) is 2. The van der Waals surface area contributed by atoms with Crippen LogP contribution >= 0.6 is 0 Å². The fraction of sp³-hybridized carbons (Fsp3) is 0.0909. The third-order valence-corrected chi connectivity index (χ3v) is 3.78. The first-order valence-corrected chi connectivity index (χ1v) is 6.91. The van der Waals surface area contributed by atoms with Crippen LogP contribution in [0.4, 0.5) is 5.69 Å². The van der Waals surface area contributed by atoms with Crippen LogP contribution < -0.4 is 15.2 Å². The van der Waals surface area contributed by atoms with Gasteiger partial charge in [0.2, 0.25) is 5.91 Å². The molecule has 0 fully saturated rings. The van der Waals surface area contributed by atoms with Gasteiger partial charge in [0.25, 0.3) is 10.0 Å². The number of aromatic amines is 1. The molecule has 0 aliphatic carbocycles. The predicted molar refractivity (Wildman–Crippen MR) is 70.9 cm³/mol. The molecular weight excluding hydrogens is 284 g/mol. The number of anilines is 1. The lowest BCUT2D eigenvalue weighted by Gasteiger charge is -2.11. The normalized spacial score (nSPS) is 11.1. The molecule has 20 heavy (non-hydrogen) atoms. The Morgan fingerprint density at radius 2 is 2.20 bits per heavy atom. The molecule has 9 heteroatoms. The van der Waals surface area contributed by atoms with Gasteiger partial charge >= 0.3 is 0 Å². The number of rotatable bonds is 5. The van der Waals surface area contributed by atoms with Crippen LogP contribution in [0.15, 0.2) is 35.7 Å². The SMILES string of the molecule is COc1ccc(C(N)=O)cc1NS(=O)(=O)c1cnc[nH]1. The van der Waals surface area contributed by atoms with Crippen molar-refractivity contribution < 1.29 is 17.9 Å². The molecule has 0 atom stereocenters. The highest BCUT2D eigenvalue weighted by Gasteiger charge is 2.18. The number of H-pyrrole nitrogens is 1. The van der Waals surface area contributed by atoms with Gasteiger partial charge in [-0.2, -0.15) is 8.42 Å². The minimum absolute atomic E-state index is 0.107. The summed E-state index contributed by atoms with van der Waals surface area (Å²) >= 11 is 0. The second kappa shape index (κ2) is 5.21. The van der Waals surface area contributed by atoms with Gasteiger partial charge in [-0.25, -0.2) is 4.98 Å². The van der Waals surface area contributed by atoms with Crippen LogP contribution in [0.3, 0.4) is 0 Å². The van der Waals surface area contributed by atoms with Crippen LogP contribution in [0.5, 0.6) is 5.75 Å². The van der Waals surface area contributed by atoms with Gasteiger partial charge < -0.3 is 15.5 Å². The molecule has 0 bridgehead atoms. The van der Waals surface area contributed by atoms with E-state index in [0.29, 0.717) is 0 Å². The number of aromatic nitrogens is 2. The summed E-state index contributed by atoms with van der Waals surface area (Å²) in [7, 11) is -2.46. The van der Waals surface area contributed by atoms with Crippen LogP contribution in [-0.4, -0.2) is 31.4 Å². The molecule has 0 aliphatic rings. The zero-order valence-electron chi connectivity index (χ0n) is 10.5. The summed E-state index contributed by atoms with van der Waals surface area (Å²) in [6.07, 6.45) is 2.40. The van der Waals surface area contributed by atoms with Crippen LogP contribution in [0.2, 0.25) is 0 Å². The second-order valence-corrected chi connectivity index (χ2v) is 5.45. The van der Waals surface area contributed by atoms with Gasteiger partial charge in [-0.15, -0.1) is 0 Å². The van der Waals surface area contributed by atoms with Crippen LogP contribution in [0.1, 0.15) is 10.4 Å². The molecule has 0 saturated carbocycles. The maximum absolute atomic E-state index is 12.1. The van der Waals surface area contributed by atoms with Crippen LogP contribution in [0, 0.1) is 0 Å². The van der Waals surface area contributed by atoms with E-state index in [0.717, 1.165) is 6.20 Å². The Bertz CT molecular complexity index is 725. The van der Waals surface area contributed by atoms with E-state index in [1.165, 1.54) is 31.6 Å². The highest BCUT2D eigenvalue weighted by molar-refractivity contribution is 7.92. The number of ether oxygens (including phenoxy) is 1. The molecule has 0 spiro atoms. The highest BCUT2D eigenvalue weighted by Crippen LogP contribution is 2.27. The first-order valence-electron chi connectivity index (χ1n) is 5.43. The van der Waals surface area contributed by atoms with Crippen molar-refractivity contribution in [3.8, 4) is 5.75 Å². The number of hydrogen-bond acceptors (Lipinski definition) is 5. The van der Waals surface area contributed by atoms with Crippen molar-refractivity contribution in [2.24, 2.45) is 5.73 Å². The summed E-state index contributed by atoms with van der Waals surface area (Å²) in [5.74, 6) is -0.410. The van der Waals surface area contributed by atoms with E-state index >= 15 is 0 Å². The quantitative estimate of drug-likeness (QED) is 0.732. The topological polar surface area (TPSA) is 127 Å². The van der Waals surface area contributed by atoms with Gasteiger partial charge in [-0.1, -0.05) is 0 Å². The van der Waals surface area contributed by atoms with Gasteiger partial charge in [0.15, 0.2) is 5.03 Å². The molecule has 0 unspecified atom stereocenters. The Morgan fingerprint density at radius 1 is 1.45 bits per heavy atom. The first-order chi connectivity index (χ1) is 9.44. The predicted octanol–water partition coefficient (Wildman–Crippen LogP) is 0.318. The molecule has 1 aromatic heterocycles. The summed E-state index contributed by atoms with van der Waals surface area (Å²) in [5.41, 5.74) is 5.43. The number of methoxy groups -OCH3 is 1. The molecule has 0 saturated heterocycles. The first kappa shape index (κ1) is 13.9. The summed E-state index contributed by atoms with van der Waals surface area (Å²) in [6, 6.07) is 4.19. The summed E-state index contributed by atoms with van der Waals surface area (Å²) in [4.78, 5) is 17.3. The Hall–Kier alpha value is -2.55. The zero-order chi connectivity index (χ0) is 14.8. The van der Waals surface area contributed by atoms with E-state index in [1.54, 1.807) is 0 Å². The number of carbonyl (C=O) groups excluding carboxylic acids is 1. The molecule has 106 valence electrons. The number of amides is 1. The lowest BCUT2D eigenvalue weighted by Crippen LogP contribution is -2.16. The van der Waals surface area contributed by atoms with Crippen molar-refractivity contribution in [2.45, 2.75) is 5.03 Å². The number of benzene rings is 1. The third-order valence-electron chi connectivity index (χ3n) is 2.49. The van der Waals surface area contributed by atoms with Gasteiger partial charge in [-0.3, -0.25) is 9.52 Å². The molecule has 8 nitrogen and oxygen atoms in total. The zero-order valence-corrected chi connectivity index (χ0v) is 11.3. The van der Waals surface area contributed by atoms with Gasteiger partial charge in [0, 0.05) is 5.56 Å². The molecule has 0 radical (unpaired) electrons. The number of imidazole rings is 1. The van der Waals surface area contributed by atoms with Crippen molar-refractivity contribution in [1.29, 1.82) is 0 Å². The number of nitrogens with zero attached hydrogens (tertiary/aromatic N) is 1. The van der Waals surface area contributed by atoms with Gasteiger partial charge in [0.1, 0.15) is 5.75 Å². The van der Waals surface area contributed by atoms with Crippen molar-refractivity contribution >= 4 is 21.6 Å². The smallest absolute Gasteiger partial charge is 0.279 e. The third kappa shape index (κ3) is 2.72. The number of sulfonamides is 1. The van der Waals surface area contributed by atoms with Crippen molar-refractivity contribution in [2.75, 3.05) is 11.8 Å². The average Bonchev–Trinajstić information content (AvgIpc) is 2.92. The van der Waals surface area contributed by atoms with E-state index in [-0.39, 0.29) is 22.0 Å². The number of carbonyl (C=O) groups is 1. The maximum atomic E-state index is 12.1. The van der Waals surface area contributed by atoms with Crippen LogP contribution in [0.25, 0.3) is 0 Å². The van der Waals surface area contributed by atoms with Crippen molar-refractivity contribution in [3.63, 3.8) is 0 Å². The Labute approximate surface area is 115 Å². The Kier molecular flexibility index (Phi) is 3.61. The molecule has 1 aromatic carbocycles. The summed E-state index contributed by atoms with van der Waals surface area (Å²) in [5, 5.41) is -0.107. The largest absolute Gasteiger partial charge is 0.495 e. The molecule has 1 heterocycles. The molecule has 2 aromatic rings.